The number of amides is 2. The Labute approximate surface area is 135 Å². The van der Waals surface area contributed by atoms with Crippen LogP contribution in [0.3, 0.4) is 0 Å². The van der Waals surface area contributed by atoms with Crippen LogP contribution in [0.1, 0.15) is 31.5 Å². The average Bonchev–Trinajstić information content (AvgIpc) is 2.86. The maximum Gasteiger partial charge on any atom is 0.315 e. The van der Waals surface area contributed by atoms with Crippen molar-refractivity contribution < 1.29 is 9.90 Å². The molecular formula is C17H24N4O2. The van der Waals surface area contributed by atoms with Crippen molar-refractivity contribution in [3.05, 3.63) is 30.1 Å². The number of benzene rings is 1. The van der Waals surface area contributed by atoms with E-state index in [-0.39, 0.29) is 18.2 Å². The van der Waals surface area contributed by atoms with E-state index < -0.39 is 0 Å². The molecule has 6 heteroatoms. The van der Waals surface area contributed by atoms with Gasteiger partial charge in [-0.1, -0.05) is 12.1 Å². The molecule has 1 aliphatic carbocycles. The SMILES string of the molecule is Cc1nc2ccccc2n1CCNC(=O)NC1CCC(O)CC1. The number of aryl methyl sites for hydroxylation is 1. The number of nitrogens with zero attached hydrogens (tertiary/aromatic N) is 2. The summed E-state index contributed by atoms with van der Waals surface area (Å²) < 4.78 is 2.12. The Kier molecular flexibility index (Phi) is 4.81. The number of carbonyl (C=O) groups excluding carboxylic acids is 1. The first kappa shape index (κ1) is 15.8. The van der Waals surface area contributed by atoms with E-state index in [4.69, 9.17) is 0 Å². The molecule has 1 fully saturated rings. The van der Waals surface area contributed by atoms with Crippen molar-refractivity contribution in [2.24, 2.45) is 0 Å². The topological polar surface area (TPSA) is 79.2 Å². The second-order valence-electron chi connectivity index (χ2n) is 6.21. The van der Waals surface area contributed by atoms with E-state index in [9.17, 15) is 9.90 Å². The van der Waals surface area contributed by atoms with Gasteiger partial charge >= 0.3 is 6.03 Å². The molecule has 6 nitrogen and oxygen atoms in total. The van der Waals surface area contributed by atoms with E-state index >= 15 is 0 Å². The highest BCUT2D eigenvalue weighted by Crippen LogP contribution is 2.18. The van der Waals surface area contributed by atoms with E-state index in [1.165, 1.54) is 0 Å². The standard InChI is InChI=1S/C17H24N4O2/c1-12-19-15-4-2-3-5-16(15)21(12)11-10-18-17(23)20-13-6-8-14(22)9-7-13/h2-5,13-14,22H,6-11H2,1H3,(H2,18,20,23). The molecule has 1 saturated carbocycles. The van der Waals surface area contributed by atoms with E-state index in [0.29, 0.717) is 13.1 Å². The molecule has 0 atom stereocenters. The van der Waals surface area contributed by atoms with E-state index in [2.05, 4.69) is 20.2 Å². The Morgan fingerprint density at radius 3 is 2.83 bits per heavy atom. The fourth-order valence-electron chi connectivity index (χ4n) is 3.22. The molecule has 0 aliphatic heterocycles. The number of carbonyl (C=O) groups is 1. The van der Waals surface area contributed by atoms with Gasteiger partial charge in [-0.05, 0) is 44.7 Å². The molecule has 2 amide bonds. The van der Waals surface area contributed by atoms with Crippen LogP contribution in [0.2, 0.25) is 0 Å². The summed E-state index contributed by atoms with van der Waals surface area (Å²) in [5, 5.41) is 15.4. The molecule has 1 aromatic heterocycles. The molecule has 0 radical (unpaired) electrons. The van der Waals surface area contributed by atoms with Crippen LogP contribution in [0.25, 0.3) is 11.0 Å². The van der Waals surface area contributed by atoms with Crippen LogP contribution < -0.4 is 10.6 Å². The summed E-state index contributed by atoms with van der Waals surface area (Å²) in [7, 11) is 0. The van der Waals surface area contributed by atoms with Crippen LogP contribution in [0, 0.1) is 6.92 Å². The molecular weight excluding hydrogens is 292 g/mol. The number of imidazole rings is 1. The predicted molar refractivity (Wildman–Crippen MR) is 89.3 cm³/mol. The number of rotatable bonds is 4. The molecule has 1 aliphatic rings. The lowest BCUT2D eigenvalue weighted by Crippen LogP contribution is -2.44. The van der Waals surface area contributed by atoms with Crippen LogP contribution in [0.15, 0.2) is 24.3 Å². The first-order valence-corrected chi connectivity index (χ1v) is 8.28. The van der Waals surface area contributed by atoms with Gasteiger partial charge in [0.2, 0.25) is 0 Å². The van der Waals surface area contributed by atoms with Gasteiger partial charge in [-0.2, -0.15) is 0 Å². The Morgan fingerprint density at radius 1 is 1.30 bits per heavy atom. The second kappa shape index (κ2) is 7.00. The zero-order valence-electron chi connectivity index (χ0n) is 13.5. The second-order valence-corrected chi connectivity index (χ2v) is 6.21. The van der Waals surface area contributed by atoms with Crippen molar-refractivity contribution in [3.8, 4) is 0 Å². The number of urea groups is 1. The van der Waals surface area contributed by atoms with Gasteiger partial charge in [-0.3, -0.25) is 0 Å². The number of aromatic nitrogens is 2. The largest absolute Gasteiger partial charge is 0.393 e. The normalized spacial score (nSPS) is 21.3. The Balaban J connectivity index is 1.49. The molecule has 3 N–H and O–H groups in total. The zero-order chi connectivity index (χ0) is 16.2. The molecule has 23 heavy (non-hydrogen) atoms. The fourth-order valence-corrected chi connectivity index (χ4v) is 3.22. The maximum absolute atomic E-state index is 12.0. The van der Waals surface area contributed by atoms with Crippen molar-refractivity contribution in [1.82, 2.24) is 20.2 Å². The van der Waals surface area contributed by atoms with E-state index in [1.807, 2.05) is 31.2 Å². The summed E-state index contributed by atoms with van der Waals surface area (Å²) in [5.41, 5.74) is 2.07. The number of aliphatic hydroxyl groups excluding tert-OH is 1. The molecule has 1 heterocycles. The molecule has 0 spiro atoms. The van der Waals surface area contributed by atoms with Gasteiger partial charge < -0.3 is 20.3 Å². The molecule has 1 aromatic carbocycles. The van der Waals surface area contributed by atoms with Gasteiger partial charge in [0.15, 0.2) is 0 Å². The van der Waals surface area contributed by atoms with Crippen molar-refractivity contribution in [2.45, 2.75) is 51.3 Å². The van der Waals surface area contributed by atoms with Crippen molar-refractivity contribution >= 4 is 17.1 Å². The Hall–Kier alpha value is -2.08. The highest BCUT2D eigenvalue weighted by Gasteiger charge is 2.20. The van der Waals surface area contributed by atoms with Crippen LogP contribution in [-0.2, 0) is 6.54 Å². The van der Waals surface area contributed by atoms with E-state index in [0.717, 1.165) is 42.5 Å². The summed E-state index contributed by atoms with van der Waals surface area (Å²) in [6.07, 6.45) is 3.03. The van der Waals surface area contributed by atoms with Crippen molar-refractivity contribution in [2.75, 3.05) is 6.54 Å². The van der Waals surface area contributed by atoms with Gasteiger partial charge in [0, 0.05) is 19.1 Å². The average molecular weight is 316 g/mol. The smallest absolute Gasteiger partial charge is 0.315 e. The monoisotopic (exact) mass is 316 g/mol. The predicted octanol–water partition coefficient (Wildman–Crippen LogP) is 1.95. The van der Waals surface area contributed by atoms with Crippen LogP contribution in [0.4, 0.5) is 4.79 Å². The lowest BCUT2D eigenvalue weighted by Gasteiger charge is -2.26. The third kappa shape index (κ3) is 3.82. The fraction of sp³-hybridized carbons (Fsp3) is 0.529. The Morgan fingerprint density at radius 2 is 2.04 bits per heavy atom. The number of aliphatic hydroxyl groups is 1. The van der Waals surface area contributed by atoms with Crippen LogP contribution in [-0.4, -0.2) is 39.4 Å². The van der Waals surface area contributed by atoms with Gasteiger partial charge in [0.1, 0.15) is 5.82 Å². The van der Waals surface area contributed by atoms with Crippen molar-refractivity contribution in [3.63, 3.8) is 0 Å². The minimum absolute atomic E-state index is 0.131. The highest BCUT2D eigenvalue weighted by molar-refractivity contribution is 5.76. The molecule has 0 unspecified atom stereocenters. The summed E-state index contributed by atoms with van der Waals surface area (Å²) >= 11 is 0. The van der Waals surface area contributed by atoms with Gasteiger partial charge in [-0.15, -0.1) is 0 Å². The van der Waals surface area contributed by atoms with Crippen molar-refractivity contribution in [1.29, 1.82) is 0 Å². The van der Waals surface area contributed by atoms with Gasteiger partial charge in [-0.25, -0.2) is 9.78 Å². The molecule has 124 valence electrons. The van der Waals surface area contributed by atoms with Gasteiger partial charge in [0.25, 0.3) is 0 Å². The lowest BCUT2D eigenvalue weighted by atomic mass is 9.93. The summed E-state index contributed by atoms with van der Waals surface area (Å²) in [6.45, 7) is 3.24. The third-order valence-corrected chi connectivity index (χ3v) is 4.50. The quantitative estimate of drug-likeness (QED) is 0.806. The van der Waals surface area contributed by atoms with Crippen LogP contribution in [0.5, 0.6) is 0 Å². The first-order valence-electron chi connectivity index (χ1n) is 8.28. The number of hydrogen-bond donors (Lipinski definition) is 3. The zero-order valence-corrected chi connectivity index (χ0v) is 13.5. The number of nitrogens with one attached hydrogen (secondary N) is 2. The summed E-state index contributed by atoms with van der Waals surface area (Å²) in [6, 6.07) is 8.06. The summed E-state index contributed by atoms with van der Waals surface area (Å²) in [4.78, 5) is 16.5. The summed E-state index contributed by atoms with van der Waals surface area (Å²) in [5.74, 6) is 0.953. The number of fused-ring (bicyclic) bond motifs is 1. The molecule has 0 bridgehead atoms. The molecule has 3 rings (SSSR count). The van der Waals surface area contributed by atoms with Crippen LogP contribution >= 0.6 is 0 Å². The third-order valence-electron chi connectivity index (χ3n) is 4.50. The molecule has 2 aromatic rings. The molecule has 0 saturated heterocycles. The Bertz CT molecular complexity index is 674. The number of hydrogen-bond acceptors (Lipinski definition) is 3. The minimum Gasteiger partial charge on any atom is -0.393 e. The lowest BCUT2D eigenvalue weighted by molar-refractivity contribution is 0.117. The number of para-hydroxylation sites is 2. The first-order chi connectivity index (χ1) is 11.1. The highest BCUT2D eigenvalue weighted by atomic mass is 16.3. The maximum atomic E-state index is 12.0. The van der Waals surface area contributed by atoms with E-state index in [1.54, 1.807) is 0 Å². The van der Waals surface area contributed by atoms with Gasteiger partial charge in [0.05, 0.1) is 17.1 Å². The minimum atomic E-state index is -0.200.